The molecule has 0 fully saturated rings. The number of nitro groups is 3. The van der Waals surface area contributed by atoms with E-state index in [2.05, 4.69) is 0 Å². The molecule has 0 unspecified atom stereocenters. The molecule has 1 atom stereocenters. The lowest BCUT2D eigenvalue weighted by molar-refractivity contribution is -0.529. The molecule has 0 spiro atoms. The van der Waals surface area contributed by atoms with E-state index in [4.69, 9.17) is 0 Å². The molecule has 24 heavy (non-hydrogen) atoms. The van der Waals surface area contributed by atoms with Gasteiger partial charge in [-0.2, -0.15) is 0 Å². The van der Waals surface area contributed by atoms with Crippen LogP contribution in [0.2, 0.25) is 0 Å². The summed E-state index contributed by atoms with van der Waals surface area (Å²) in [7, 11) is 1.26. The monoisotopic (exact) mass is 336 g/mol. The van der Waals surface area contributed by atoms with E-state index in [1.54, 1.807) is 0 Å². The van der Waals surface area contributed by atoms with Gasteiger partial charge in [0, 0.05) is 41.5 Å². The van der Waals surface area contributed by atoms with E-state index in [0.717, 1.165) is 22.8 Å². The molecule has 11 heteroatoms. The van der Waals surface area contributed by atoms with Gasteiger partial charge < -0.3 is 4.57 Å². The molecule has 1 aromatic heterocycles. The lowest BCUT2D eigenvalue weighted by Crippen LogP contribution is -2.21. The van der Waals surface area contributed by atoms with Gasteiger partial charge in [0.25, 0.3) is 16.9 Å². The lowest BCUT2D eigenvalue weighted by atomic mass is 9.99. The van der Waals surface area contributed by atoms with Gasteiger partial charge in [-0.3, -0.25) is 35.1 Å². The summed E-state index contributed by atoms with van der Waals surface area (Å²) in [6.45, 7) is 1.52. The molecule has 1 heterocycles. The third kappa shape index (κ3) is 2.66. The number of fused-ring (bicyclic) bond motifs is 1. The Morgan fingerprint density at radius 2 is 1.71 bits per heavy atom. The minimum atomic E-state index is -1.30. The standard InChI is InChI=1S/C13H12N4O7/c1-3-10(16(21)22)8-6-12(18)14(2)13-9(8)4-7(15(19)20)5-11(13)17(23)24/h4-6,10H,3H2,1-2H3/t10-/m0/s1. The minimum Gasteiger partial charge on any atom is -0.305 e. The molecule has 0 aliphatic heterocycles. The Morgan fingerprint density at radius 3 is 2.17 bits per heavy atom. The summed E-state index contributed by atoms with van der Waals surface area (Å²) in [4.78, 5) is 43.3. The molecule has 0 N–H and O–H groups in total. The quantitative estimate of drug-likeness (QED) is 0.598. The van der Waals surface area contributed by atoms with Gasteiger partial charge in [0.05, 0.1) is 15.9 Å². The first kappa shape index (κ1) is 17.0. The van der Waals surface area contributed by atoms with Crippen LogP contribution in [0.15, 0.2) is 23.0 Å². The van der Waals surface area contributed by atoms with Crippen molar-refractivity contribution in [1.29, 1.82) is 0 Å². The molecule has 0 amide bonds. The van der Waals surface area contributed by atoms with Crippen LogP contribution < -0.4 is 5.56 Å². The number of aryl methyl sites for hydroxylation is 1. The topological polar surface area (TPSA) is 151 Å². The number of hydrogen-bond donors (Lipinski definition) is 0. The molecule has 1 aromatic carbocycles. The van der Waals surface area contributed by atoms with Gasteiger partial charge in [0.1, 0.15) is 5.52 Å². The molecular weight excluding hydrogens is 324 g/mol. The summed E-state index contributed by atoms with van der Waals surface area (Å²) in [5, 5.41) is 33.5. The Labute approximate surface area is 133 Å². The fourth-order valence-corrected chi connectivity index (χ4v) is 2.60. The Bertz CT molecular complexity index is 934. The number of nitrogens with zero attached hydrogens (tertiary/aromatic N) is 4. The zero-order chi connectivity index (χ0) is 18.2. The predicted molar refractivity (Wildman–Crippen MR) is 82.5 cm³/mol. The number of aromatic nitrogens is 1. The van der Waals surface area contributed by atoms with Crippen LogP contribution in [0.4, 0.5) is 11.4 Å². The molecule has 0 saturated heterocycles. The average molecular weight is 336 g/mol. The van der Waals surface area contributed by atoms with Crippen LogP contribution in [0.5, 0.6) is 0 Å². The lowest BCUT2D eigenvalue weighted by Gasteiger charge is -2.13. The van der Waals surface area contributed by atoms with Crippen LogP contribution in [0.1, 0.15) is 24.9 Å². The highest BCUT2D eigenvalue weighted by Crippen LogP contribution is 2.35. The van der Waals surface area contributed by atoms with Crippen molar-refractivity contribution in [1.82, 2.24) is 4.57 Å². The first-order valence-electron chi connectivity index (χ1n) is 6.79. The van der Waals surface area contributed by atoms with Crippen LogP contribution in [-0.2, 0) is 7.05 Å². The van der Waals surface area contributed by atoms with Crippen LogP contribution >= 0.6 is 0 Å². The van der Waals surface area contributed by atoms with Gasteiger partial charge in [0.2, 0.25) is 6.04 Å². The summed E-state index contributed by atoms with van der Waals surface area (Å²) < 4.78 is 0.952. The highest BCUT2D eigenvalue weighted by atomic mass is 16.6. The van der Waals surface area contributed by atoms with Gasteiger partial charge in [-0.25, -0.2) is 0 Å². The molecular formula is C13H12N4O7. The smallest absolute Gasteiger partial charge is 0.300 e. The maximum atomic E-state index is 12.1. The van der Waals surface area contributed by atoms with Gasteiger partial charge in [-0.15, -0.1) is 0 Å². The van der Waals surface area contributed by atoms with E-state index in [1.807, 2.05) is 0 Å². The fourth-order valence-electron chi connectivity index (χ4n) is 2.60. The second kappa shape index (κ2) is 6.02. The van der Waals surface area contributed by atoms with Crippen molar-refractivity contribution in [2.24, 2.45) is 7.05 Å². The third-order valence-corrected chi connectivity index (χ3v) is 3.74. The van der Waals surface area contributed by atoms with E-state index in [1.165, 1.54) is 14.0 Å². The fraction of sp³-hybridized carbons (Fsp3) is 0.308. The van der Waals surface area contributed by atoms with E-state index < -0.39 is 37.7 Å². The first-order valence-corrected chi connectivity index (χ1v) is 6.79. The van der Waals surface area contributed by atoms with Crippen LogP contribution in [-0.4, -0.2) is 19.3 Å². The molecule has 0 aliphatic carbocycles. The largest absolute Gasteiger partial charge is 0.305 e. The number of pyridine rings is 1. The second-order valence-corrected chi connectivity index (χ2v) is 5.08. The van der Waals surface area contributed by atoms with E-state index in [-0.39, 0.29) is 22.9 Å². The molecule has 0 radical (unpaired) electrons. The van der Waals surface area contributed by atoms with Crippen LogP contribution in [0.25, 0.3) is 10.9 Å². The van der Waals surface area contributed by atoms with E-state index in [0.29, 0.717) is 0 Å². The third-order valence-electron chi connectivity index (χ3n) is 3.74. The summed E-state index contributed by atoms with van der Waals surface area (Å²) in [5.74, 6) is 0. The van der Waals surface area contributed by atoms with E-state index in [9.17, 15) is 35.1 Å². The molecule has 0 bridgehead atoms. The molecule has 0 saturated carbocycles. The second-order valence-electron chi connectivity index (χ2n) is 5.08. The Kier molecular flexibility index (Phi) is 4.26. The van der Waals surface area contributed by atoms with Crippen molar-refractivity contribution < 1.29 is 14.8 Å². The number of benzene rings is 1. The average Bonchev–Trinajstić information content (AvgIpc) is 2.50. The summed E-state index contributed by atoms with van der Waals surface area (Å²) in [5.41, 5.74) is -2.17. The van der Waals surface area contributed by atoms with Gasteiger partial charge in [-0.05, 0) is 0 Å². The Balaban J connectivity index is 3.08. The zero-order valence-corrected chi connectivity index (χ0v) is 12.7. The molecule has 11 nitrogen and oxygen atoms in total. The van der Waals surface area contributed by atoms with Crippen molar-refractivity contribution in [2.75, 3.05) is 0 Å². The normalized spacial score (nSPS) is 12.1. The molecule has 2 rings (SSSR count). The number of non-ortho nitro benzene ring substituents is 2. The Hall–Kier alpha value is -3.37. The van der Waals surface area contributed by atoms with Crippen molar-refractivity contribution >= 4 is 22.3 Å². The molecule has 2 aromatic rings. The zero-order valence-electron chi connectivity index (χ0n) is 12.7. The Morgan fingerprint density at radius 1 is 1.08 bits per heavy atom. The van der Waals surface area contributed by atoms with Crippen molar-refractivity contribution in [2.45, 2.75) is 19.4 Å². The van der Waals surface area contributed by atoms with Crippen LogP contribution in [0, 0.1) is 30.3 Å². The number of rotatable bonds is 5. The predicted octanol–water partition coefficient (Wildman–Crippen LogP) is 2.08. The van der Waals surface area contributed by atoms with Crippen LogP contribution in [0.3, 0.4) is 0 Å². The summed E-state index contributed by atoms with van der Waals surface area (Å²) in [6.07, 6.45) is 0.0196. The van der Waals surface area contributed by atoms with Crippen molar-refractivity contribution in [3.8, 4) is 0 Å². The van der Waals surface area contributed by atoms with Gasteiger partial charge >= 0.3 is 0 Å². The van der Waals surface area contributed by atoms with Gasteiger partial charge in [-0.1, -0.05) is 6.92 Å². The summed E-state index contributed by atoms with van der Waals surface area (Å²) in [6, 6.07) is 1.44. The van der Waals surface area contributed by atoms with E-state index >= 15 is 0 Å². The highest BCUT2D eigenvalue weighted by molar-refractivity contribution is 5.92. The molecule has 126 valence electrons. The maximum absolute atomic E-state index is 12.1. The SMILES string of the molecule is CC[C@@H](c1cc(=O)n(C)c2c([N+](=O)[O-])cc([N+](=O)[O-])cc12)[N+](=O)[O-]. The summed E-state index contributed by atoms with van der Waals surface area (Å²) >= 11 is 0. The number of hydrogen-bond acceptors (Lipinski definition) is 7. The molecule has 0 aliphatic rings. The van der Waals surface area contributed by atoms with Crippen molar-refractivity contribution in [3.05, 3.63) is 64.5 Å². The maximum Gasteiger partial charge on any atom is 0.300 e. The number of nitro benzene ring substituents is 2. The minimum absolute atomic E-state index is 0.0196. The first-order chi connectivity index (χ1) is 11.2. The van der Waals surface area contributed by atoms with Crippen molar-refractivity contribution in [3.63, 3.8) is 0 Å². The highest BCUT2D eigenvalue weighted by Gasteiger charge is 2.29. The van der Waals surface area contributed by atoms with Gasteiger partial charge in [0.15, 0.2) is 0 Å².